The normalized spacial score (nSPS) is 13.5. The summed E-state index contributed by atoms with van der Waals surface area (Å²) in [6.45, 7) is 19.0. The van der Waals surface area contributed by atoms with Gasteiger partial charge in [0.25, 0.3) is 0 Å². The van der Waals surface area contributed by atoms with E-state index in [1.54, 1.807) is 0 Å². The summed E-state index contributed by atoms with van der Waals surface area (Å²) in [5.41, 5.74) is 17.2. The van der Waals surface area contributed by atoms with Gasteiger partial charge in [-0.2, -0.15) is 0 Å². The van der Waals surface area contributed by atoms with Gasteiger partial charge in [-0.15, -0.1) is 0 Å². The highest BCUT2D eigenvalue weighted by atomic mass is 32.2. The van der Waals surface area contributed by atoms with Crippen molar-refractivity contribution < 1.29 is 0 Å². The van der Waals surface area contributed by atoms with Crippen molar-refractivity contribution in [1.82, 2.24) is 0 Å². The van der Waals surface area contributed by atoms with Crippen molar-refractivity contribution in [3.8, 4) is 33.4 Å². The highest BCUT2D eigenvalue weighted by molar-refractivity contribution is 8.01. The Bertz CT molecular complexity index is 3170. The molecule has 0 atom stereocenters. The van der Waals surface area contributed by atoms with Crippen molar-refractivity contribution in [2.45, 2.75) is 91.2 Å². The van der Waals surface area contributed by atoms with E-state index in [0.29, 0.717) is 0 Å². The van der Waals surface area contributed by atoms with E-state index < -0.39 is 0 Å². The van der Waals surface area contributed by atoms with Crippen molar-refractivity contribution in [2.75, 3.05) is 0 Å². The topological polar surface area (TPSA) is 0 Å². The van der Waals surface area contributed by atoms with Gasteiger partial charge in [-0.3, -0.25) is 0 Å². The number of hydrogen-bond acceptors (Lipinski definition) is 2. The third-order valence-corrected chi connectivity index (χ3v) is 16.3. The van der Waals surface area contributed by atoms with Crippen molar-refractivity contribution in [3.05, 3.63) is 198 Å². The quantitative estimate of drug-likeness (QED) is 0.125. The average molecular weight is 861 g/mol. The smallest absolute Gasteiger partial charge is 0.0911 e. The zero-order valence-electron chi connectivity index (χ0n) is 38.1. The van der Waals surface area contributed by atoms with E-state index in [1.165, 1.54) is 113 Å². The molecule has 0 spiro atoms. The Morgan fingerprint density at radius 1 is 0.328 bits per heavy atom. The highest BCUT2D eigenvalue weighted by Crippen LogP contribution is 2.48. The molecule has 0 aliphatic carbocycles. The summed E-state index contributed by atoms with van der Waals surface area (Å²) in [5, 5.41) is 5.09. The first kappa shape index (κ1) is 41.0. The van der Waals surface area contributed by atoms with Crippen molar-refractivity contribution in [2.24, 2.45) is 0 Å². The molecule has 11 rings (SSSR count). The standard InChI is InChI=1S/C61H53BS2/c1-59(2,3)43-27-29-52-50(36-43)62-51-37-44(60(4,5)6)28-30-53(51)64-55-35-40(34-54(63-52)58(55)62)39-31-41(33-45(32-39)61(7,8)42-21-13-10-14-22-42)57-48-25-17-15-23-46(48)56(38-19-11-9-12-20-38)47-24-16-18-26-49(47)57/h9-37H,1-8H3. The molecular formula is C61H53BS2. The Morgan fingerprint density at radius 3 is 1.23 bits per heavy atom. The fourth-order valence-electron chi connectivity index (χ4n) is 10.3. The molecule has 0 amide bonds. The summed E-state index contributed by atoms with van der Waals surface area (Å²) in [6, 6.07) is 67.1. The Morgan fingerprint density at radius 2 is 0.750 bits per heavy atom. The van der Waals surface area contributed by atoms with Crippen LogP contribution in [0.2, 0.25) is 0 Å². The predicted octanol–water partition coefficient (Wildman–Crippen LogP) is 15.4. The van der Waals surface area contributed by atoms with Crippen LogP contribution >= 0.6 is 23.5 Å². The van der Waals surface area contributed by atoms with E-state index in [-0.39, 0.29) is 23.0 Å². The van der Waals surface area contributed by atoms with Crippen LogP contribution in [0.5, 0.6) is 0 Å². The minimum atomic E-state index is -0.258. The van der Waals surface area contributed by atoms with Crippen molar-refractivity contribution >= 4 is 68.2 Å². The zero-order chi connectivity index (χ0) is 44.1. The molecule has 2 heterocycles. The van der Waals surface area contributed by atoms with E-state index >= 15 is 0 Å². The van der Waals surface area contributed by atoms with Crippen LogP contribution in [0, 0.1) is 0 Å². The first-order valence-corrected chi connectivity index (χ1v) is 24.4. The summed E-state index contributed by atoms with van der Waals surface area (Å²) in [6.07, 6.45) is 0. The van der Waals surface area contributed by atoms with Crippen LogP contribution in [0.15, 0.2) is 196 Å². The predicted molar refractivity (Wildman–Crippen MR) is 280 cm³/mol. The second-order valence-corrected chi connectivity index (χ2v) is 22.7. The molecule has 0 nitrogen and oxygen atoms in total. The maximum Gasteiger partial charge on any atom is 0.247 e. The van der Waals surface area contributed by atoms with Crippen LogP contribution in [0.1, 0.15) is 77.6 Å². The number of rotatable bonds is 5. The summed E-state index contributed by atoms with van der Waals surface area (Å²) in [7, 11) is 0. The lowest BCUT2D eigenvalue weighted by Gasteiger charge is -2.35. The molecule has 0 bridgehead atoms. The Labute approximate surface area is 388 Å². The molecule has 312 valence electrons. The van der Waals surface area contributed by atoms with Gasteiger partial charge in [0.1, 0.15) is 0 Å². The van der Waals surface area contributed by atoms with Gasteiger partial charge in [-0.25, -0.2) is 0 Å². The second kappa shape index (κ2) is 15.2. The van der Waals surface area contributed by atoms with Crippen LogP contribution in [0.25, 0.3) is 54.9 Å². The molecule has 0 radical (unpaired) electrons. The summed E-state index contributed by atoms with van der Waals surface area (Å²) < 4.78 is 0. The average Bonchev–Trinajstić information content (AvgIpc) is 3.30. The van der Waals surface area contributed by atoms with Crippen LogP contribution in [-0.2, 0) is 16.2 Å². The van der Waals surface area contributed by atoms with E-state index in [2.05, 4.69) is 231 Å². The molecule has 0 N–H and O–H groups in total. The molecule has 0 aromatic heterocycles. The molecule has 0 unspecified atom stereocenters. The molecule has 9 aromatic rings. The molecule has 2 aliphatic rings. The Hall–Kier alpha value is -5.74. The summed E-state index contributed by atoms with van der Waals surface area (Å²) in [5.74, 6) is 0. The SMILES string of the molecule is CC(C)(C)c1ccc2c(c1)B1c3cc(C(C)(C)C)ccc3Sc3cc(-c4cc(-c5c6ccccc6c(-c6ccccc6)c6ccccc56)cc(C(C)(C)c5ccccc5)c4)cc(c31)S2. The first-order valence-electron chi connectivity index (χ1n) is 22.8. The number of benzene rings is 9. The molecule has 64 heavy (non-hydrogen) atoms. The van der Waals surface area contributed by atoms with Crippen molar-refractivity contribution in [3.63, 3.8) is 0 Å². The van der Waals surface area contributed by atoms with Crippen LogP contribution < -0.4 is 16.4 Å². The molecule has 0 saturated heterocycles. The third-order valence-electron chi connectivity index (χ3n) is 14.0. The summed E-state index contributed by atoms with van der Waals surface area (Å²) >= 11 is 3.92. The molecule has 9 aromatic carbocycles. The van der Waals surface area contributed by atoms with E-state index in [0.717, 1.165) is 0 Å². The second-order valence-electron chi connectivity index (χ2n) is 20.5. The lowest BCUT2D eigenvalue weighted by atomic mass is 9.36. The van der Waals surface area contributed by atoms with Crippen LogP contribution in [0.3, 0.4) is 0 Å². The lowest BCUT2D eigenvalue weighted by Crippen LogP contribution is -2.58. The van der Waals surface area contributed by atoms with Crippen molar-refractivity contribution in [1.29, 1.82) is 0 Å². The Balaban J connectivity index is 1.17. The zero-order valence-corrected chi connectivity index (χ0v) is 39.8. The lowest BCUT2D eigenvalue weighted by molar-refractivity contribution is 0.590. The van der Waals surface area contributed by atoms with Gasteiger partial charge < -0.3 is 0 Å². The van der Waals surface area contributed by atoms with Gasteiger partial charge >= 0.3 is 0 Å². The van der Waals surface area contributed by atoms with Gasteiger partial charge in [0.15, 0.2) is 0 Å². The van der Waals surface area contributed by atoms with E-state index in [1.807, 2.05) is 23.5 Å². The maximum atomic E-state index is 2.52. The fourth-order valence-corrected chi connectivity index (χ4v) is 12.7. The maximum absolute atomic E-state index is 2.52. The van der Waals surface area contributed by atoms with Gasteiger partial charge in [-0.05, 0) is 124 Å². The minimum Gasteiger partial charge on any atom is -0.0911 e. The monoisotopic (exact) mass is 860 g/mol. The van der Waals surface area contributed by atoms with Gasteiger partial charge in [0.2, 0.25) is 6.71 Å². The van der Waals surface area contributed by atoms with Crippen LogP contribution in [0.4, 0.5) is 0 Å². The summed E-state index contributed by atoms with van der Waals surface area (Å²) in [4.78, 5) is 5.46. The molecule has 2 aliphatic heterocycles. The largest absolute Gasteiger partial charge is 0.247 e. The van der Waals surface area contributed by atoms with Gasteiger partial charge in [-0.1, -0.05) is 235 Å². The molecular weight excluding hydrogens is 808 g/mol. The first-order chi connectivity index (χ1) is 30.7. The van der Waals surface area contributed by atoms with Crippen LogP contribution in [-0.4, -0.2) is 6.71 Å². The van der Waals surface area contributed by atoms with Gasteiger partial charge in [0.05, 0.1) is 0 Å². The number of hydrogen-bond donors (Lipinski definition) is 0. The molecule has 0 fully saturated rings. The fraction of sp³-hybridized carbons (Fsp3) is 0.180. The Kier molecular flexibility index (Phi) is 9.73. The van der Waals surface area contributed by atoms with E-state index in [9.17, 15) is 0 Å². The third kappa shape index (κ3) is 6.86. The number of fused-ring (bicyclic) bond motifs is 6. The molecule has 3 heteroatoms. The highest BCUT2D eigenvalue weighted by Gasteiger charge is 2.40. The molecule has 0 saturated carbocycles. The van der Waals surface area contributed by atoms with Gasteiger partial charge in [0, 0.05) is 25.0 Å². The van der Waals surface area contributed by atoms with E-state index in [4.69, 9.17) is 0 Å². The minimum absolute atomic E-state index is 0.0565.